The van der Waals surface area contributed by atoms with Gasteiger partial charge in [-0.1, -0.05) is 24.3 Å². The van der Waals surface area contributed by atoms with Crippen molar-refractivity contribution in [3.63, 3.8) is 0 Å². The number of rotatable bonds is 4. The topological polar surface area (TPSA) is 32.7 Å². The van der Waals surface area contributed by atoms with Crippen molar-refractivity contribution in [3.8, 4) is 0 Å². The van der Waals surface area contributed by atoms with Gasteiger partial charge in [0.2, 0.25) is 0 Å². The summed E-state index contributed by atoms with van der Waals surface area (Å²) in [5.41, 5.74) is 2.22. The van der Waals surface area contributed by atoms with Crippen molar-refractivity contribution >= 4 is 0 Å². The van der Waals surface area contributed by atoms with E-state index in [0.717, 1.165) is 38.2 Å². The molecule has 100 valence electrons. The van der Waals surface area contributed by atoms with Crippen LogP contribution in [0.4, 0.5) is 0 Å². The highest BCUT2D eigenvalue weighted by molar-refractivity contribution is 5.27. The van der Waals surface area contributed by atoms with Crippen LogP contribution in [0.5, 0.6) is 0 Å². The Bertz CT molecular complexity index is 381. The van der Waals surface area contributed by atoms with E-state index in [0.29, 0.717) is 6.10 Å². The van der Waals surface area contributed by atoms with E-state index in [1.807, 2.05) is 18.2 Å². The normalized spacial score (nSPS) is 22.9. The summed E-state index contributed by atoms with van der Waals surface area (Å²) in [6.45, 7) is 7.84. The van der Waals surface area contributed by atoms with Crippen molar-refractivity contribution in [2.45, 2.75) is 32.5 Å². The minimum Gasteiger partial charge on any atom is -0.388 e. The first-order chi connectivity index (χ1) is 8.66. The molecule has 1 aliphatic heterocycles. The van der Waals surface area contributed by atoms with Crippen molar-refractivity contribution < 1.29 is 9.84 Å². The third-order valence-electron chi connectivity index (χ3n) is 3.59. The first-order valence-electron chi connectivity index (χ1n) is 6.74. The highest BCUT2D eigenvalue weighted by Crippen LogP contribution is 2.20. The standard InChI is InChI=1S/C15H23NO2/c1-12-5-3-4-6-14(12)15(17)7-8-16-9-10-18-13(2)11-16/h3-6,13,15,17H,7-11H2,1-2H3. The molecule has 3 heteroatoms. The summed E-state index contributed by atoms with van der Waals surface area (Å²) in [6, 6.07) is 8.06. The second kappa shape index (κ2) is 6.32. The van der Waals surface area contributed by atoms with Crippen molar-refractivity contribution in [2.75, 3.05) is 26.2 Å². The van der Waals surface area contributed by atoms with Crippen LogP contribution in [0.15, 0.2) is 24.3 Å². The molecule has 1 fully saturated rings. The summed E-state index contributed by atoms with van der Waals surface area (Å²) in [5.74, 6) is 0. The van der Waals surface area contributed by atoms with Crippen LogP contribution < -0.4 is 0 Å². The largest absolute Gasteiger partial charge is 0.388 e. The average Bonchev–Trinajstić information content (AvgIpc) is 2.37. The number of morpholine rings is 1. The molecule has 2 rings (SSSR count). The molecule has 3 nitrogen and oxygen atoms in total. The maximum absolute atomic E-state index is 10.2. The Morgan fingerprint density at radius 1 is 1.44 bits per heavy atom. The van der Waals surface area contributed by atoms with Crippen LogP contribution in [0.1, 0.15) is 30.6 Å². The van der Waals surface area contributed by atoms with Crippen LogP contribution in [-0.4, -0.2) is 42.4 Å². The quantitative estimate of drug-likeness (QED) is 0.887. The SMILES string of the molecule is Cc1ccccc1C(O)CCN1CCOC(C)C1. The summed E-state index contributed by atoms with van der Waals surface area (Å²) >= 11 is 0. The molecule has 1 aromatic carbocycles. The molecule has 0 radical (unpaired) electrons. The number of aliphatic hydroxyl groups excluding tert-OH is 1. The Labute approximate surface area is 109 Å². The van der Waals surface area contributed by atoms with Crippen LogP contribution >= 0.6 is 0 Å². The zero-order chi connectivity index (χ0) is 13.0. The van der Waals surface area contributed by atoms with Gasteiger partial charge in [-0.15, -0.1) is 0 Å². The minimum atomic E-state index is -0.357. The Morgan fingerprint density at radius 3 is 2.94 bits per heavy atom. The smallest absolute Gasteiger partial charge is 0.0804 e. The Kier molecular flexibility index (Phi) is 4.75. The molecule has 2 unspecified atom stereocenters. The first kappa shape index (κ1) is 13.5. The van der Waals surface area contributed by atoms with Gasteiger partial charge in [-0.3, -0.25) is 4.90 Å². The van der Waals surface area contributed by atoms with Crippen LogP contribution in [-0.2, 0) is 4.74 Å². The number of benzene rings is 1. The van der Waals surface area contributed by atoms with Gasteiger partial charge in [0.15, 0.2) is 0 Å². The molecule has 0 saturated carbocycles. The molecular weight excluding hydrogens is 226 g/mol. The van der Waals surface area contributed by atoms with Gasteiger partial charge in [0, 0.05) is 19.6 Å². The third-order valence-corrected chi connectivity index (χ3v) is 3.59. The van der Waals surface area contributed by atoms with E-state index < -0.39 is 0 Å². The zero-order valence-electron chi connectivity index (χ0n) is 11.3. The molecule has 1 heterocycles. The number of hydrogen-bond donors (Lipinski definition) is 1. The van der Waals surface area contributed by atoms with Gasteiger partial charge >= 0.3 is 0 Å². The maximum Gasteiger partial charge on any atom is 0.0804 e. The molecule has 0 aromatic heterocycles. The molecule has 1 saturated heterocycles. The van der Waals surface area contributed by atoms with E-state index in [1.165, 1.54) is 5.56 Å². The van der Waals surface area contributed by atoms with Gasteiger partial charge in [-0.25, -0.2) is 0 Å². The van der Waals surface area contributed by atoms with E-state index in [-0.39, 0.29) is 6.10 Å². The lowest BCUT2D eigenvalue weighted by Gasteiger charge is -2.31. The maximum atomic E-state index is 10.2. The Morgan fingerprint density at radius 2 is 2.22 bits per heavy atom. The lowest BCUT2D eigenvalue weighted by atomic mass is 10.0. The summed E-state index contributed by atoms with van der Waals surface area (Å²) in [5, 5.41) is 10.2. The first-order valence-corrected chi connectivity index (χ1v) is 6.74. The van der Waals surface area contributed by atoms with Crippen molar-refractivity contribution in [2.24, 2.45) is 0 Å². The summed E-state index contributed by atoms with van der Waals surface area (Å²) < 4.78 is 5.51. The molecule has 1 aromatic rings. The van der Waals surface area contributed by atoms with E-state index >= 15 is 0 Å². The van der Waals surface area contributed by atoms with Crippen molar-refractivity contribution in [1.29, 1.82) is 0 Å². The third kappa shape index (κ3) is 3.55. The predicted molar refractivity (Wildman–Crippen MR) is 72.6 cm³/mol. The van der Waals surface area contributed by atoms with Crippen LogP contribution in [0, 0.1) is 6.92 Å². The van der Waals surface area contributed by atoms with Crippen LogP contribution in [0.2, 0.25) is 0 Å². The summed E-state index contributed by atoms with van der Waals surface area (Å²) in [6.07, 6.45) is 0.746. The fraction of sp³-hybridized carbons (Fsp3) is 0.600. The predicted octanol–water partition coefficient (Wildman–Crippen LogP) is 2.14. The second-order valence-electron chi connectivity index (χ2n) is 5.14. The number of aryl methyl sites for hydroxylation is 1. The molecule has 18 heavy (non-hydrogen) atoms. The van der Waals surface area contributed by atoms with E-state index in [2.05, 4.69) is 24.8 Å². The van der Waals surface area contributed by atoms with Gasteiger partial charge in [0.05, 0.1) is 18.8 Å². The minimum absolute atomic E-state index is 0.314. The molecule has 1 aliphatic rings. The molecule has 0 spiro atoms. The van der Waals surface area contributed by atoms with E-state index in [1.54, 1.807) is 0 Å². The van der Waals surface area contributed by atoms with E-state index in [9.17, 15) is 5.11 Å². The highest BCUT2D eigenvalue weighted by atomic mass is 16.5. The molecule has 0 bridgehead atoms. The molecule has 0 aliphatic carbocycles. The Balaban J connectivity index is 1.84. The number of hydrogen-bond acceptors (Lipinski definition) is 3. The molecular formula is C15H23NO2. The lowest BCUT2D eigenvalue weighted by molar-refractivity contribution is -0.0222. The highest BCUT2D eigenvalue weighted by Gasteiger charge is 2.18. The van der Waals surface area contributed by atoms with Gasteiger partial charge in [-0.2, -0.15) is 0 Å². The van der Waals surface area contributed by atoms with Crippen molar-refractivity contribution in [1.82, 2.24) is 4.90 Å². The van der Waals surface area contributed by atoms with Crippen molar-refractivity contribution in [3.05, 3.63) is 35.4 Å². The Hall–Kier alpha value is -0.900. The number of nitrogens with zero attached hydrogens (tertiary/aromatic N) is 1. The molecule has 1 N–H and O–H groups in total. The van der Waals surface area contributed by atoms with Crippen LogP contribution in [0.25, 0.3) is 0 Å². The monoisotopic (exact) mass is 249 g/mol. The molecule has 0 amide bonds. The second-order valence-corrected chi connectivity index (χ2v) is 5.14. The fourth-order valence-electron chi connectivity index (χ4n) is 2.51. The molecule has 2 atom stereocenters. The number of aliphatic hydroxyl groups is 1. The van der Waals surface area contributed by atoms with Gasteiger partial charge < -0.3 is 9.84 Å². The summed E-state index contributed by atoms with van der Waals surface area (Å²) in [7, 11) is 0. The fourth-order valence-corrected chi connectivity index (χ4v) is 2.51. The zero-order valence-corrected chi connectivity index (χ0v) is 11.3. The van der Waals surface area contributed by atoms with Gasteiger partial charge in [0.25, 0.3) is 0 Å². The average molecular weight is 249 g/mol. The lowest BCUT2D eigenvalue weighted by Crippen LogP contribution is -2.41. The summed E-state index contributed by atoms with van der Waals surface area (Å²) in [4.78, 5) is 2.37. The number of ether oxygens (including phenoxy) is 1. The van der Waals surface area contributed by atoms with E-state index in [4.69, 9.17) is 4.74 Å². The van der Waals surface area contributed by atoms with Crippen LogP contribution in [0.3, 0.4) is 0 Å². The van der Waals surface area contributed by atoms with Gasteiger partial charge in [0.1, 0.15) is 0 Å². The van der Waals surface area contributed by atoms with Gasteiger partial charge in [-0.05, 0) is 31.4 Å².